The number of benzene rings is 1. The SMILES string of the molecule is CC(C)=C1CCN(c2cc(NS(=O)[O-])ccc2C(=O)Nc2cc(C)cc(N3CCC(F)(F)CC3)n2)CC1. The number of carbonyl (C=O) groups is 1. The number of aryl methyl sites for hydroxylation is 1. The van der Waals surface area contributed by atoms with Gasteiger partial charge in [0.2, 0.25) is 0 Å². The molecule has 200 valence electrons. The first kappa shape index (κ1) is 27.0. The minimum Gasteiger partial charge on any atom is -0.755 e. The normalized spacial score (nSPS) is 18.4. The maximum absolute atomic E-state index is 13.6. The Bertz CT molecular complexity index is 1210. The van der Waals surface area contributed by atoms with E-state index in [2.05, 4.69) is 33.8 Å². The van der Waals surface area contributed by atoms with Crippen molar-refractivity contribution in [1.29, 1.82) is 0 Å². The lowest BCUT2D eigenvalue weighted by molar-refractivity contribution is -0.0221. The molecule has 2 aromatic rings. The van der Waals surface area contributed by atoms with Crippen LogP contribution in [0.3, 0.4) is 0 Å². The van der Waals surface area contributed by atoms with Gasteiger partial charge in [-0.1, -0.05) is 11.1 Å². The summed E-state index contributed by atoms with van der Waals surface area (Å²) < 4.78 is 52.0. The molecule has 0 radical (unpaired) electrons. The number of halogens is 2. The third-order valence-corrected chi connectivity index (χ3v) is 7.28. The van der Waals surface area contributed by atoms with Crippen molar-refractivity contribution in [2.24, 2.45) is 0 Å². The molecule has 2 saturated heterocycles. The number of piperidine rings is 2. The summed E-state index contributed by atoms with van der Waals surface area (Å²) in [6.07, 6.45) is 1.28. The minimum absolute atomic E-state index is 0.194. The molecule has 1 unspecified atom stereocenters. The van der Waals surface area contributed by atoms with E-state index in [-0.39, 0.29) is 31.8 Å². The molecule has 4 rings (SSSR count). The van der Waals surface area contributed by atoms with Gasteiger partial charge in [-0.25, -0.2) is 13.8 Å². The van der Waals surface area contributed by atoms with Crippen molar-refractivity contribution in [2.45, 2.75) is 52.4 Å². The van der Waals surface area contributed by atoms with Gasteiger partial charge in [0.1, 0.15) is 11.6 Å². The maximum atomic E-state index is 13.6. The molecule has 2 N–H and O–H groups in total. The fourth-order valence-corrected chi connectivity index (χ4v) is 5.10. The molecule has 8 nitrogen and oxygen atoms in total. The summed E-state index contributed by atoms with van der Waals surface area (Å²) in [5, 5.41) is 2.86. The molecular weight excluding hydrogens is 500 g/mol. The molecule has 3 heterocycles. The molecule has 37 heavy (non-hydrogen) atoms. The first-order valence-electron chi connectivity index (χ1n) is 12.3. The van der Waals surface area contributed by atoms with Crippen molar-refractivity contribution in [1.82, 2.24) is 4.98 Å². The number of pyridine rings is 1. The first-order valence-corrected chi connectivity index (χ1v) is 13.4. The smallest absolute Gasteiger partial charge is 0.258 e. The summed E-state index contributed by atoms with van der Waals surface area (Å²) >= 11 is -2.49. The number of allylic oxidation sites excluding steroid dienone is 1. The van der Waals surface area contributed by atoms with Crippen LogP contribution in [0.2, 0.25) is 0 Å². The van der Waals surface area contributed by atoms with Gasteiger partial charge in [-0.3, -0.25) is 9.00 Å². The average molecular weight is 533 g/mol. The highest BCUT2D eigenvalue weighted by atomic mass is 32.2. The summed E-state index contributed by atoms with van der Waals surface area (Å²) in [5.74, 6) is -2.16. The predicted octanol–water partition coefficient (Wildman–Crippen LogP) is 5.02. The molecule has 1 aromatic heterocycles. The molecule has 2 aliphatic heterocycles. The quantitative estimate of drug-likeness (QED) is 0.400. The van der Waals surface area contributed by atoms with Gasteiger partial charge in [0, 0.05) is 56.0 Å². The second-order valence-corrected chi connectivity index (χ2v) is 10.5. The number of amides is 1. The summed E-state index contributed by atoms with van der Waals surface area (Å²) in [6, 6.07) is 8.37. The Hall–Kier alpha value is -3.05. The van der Waals surface area contributed by atoms with E-state index in [1.54, 1.807) is 24.3 Å². The highest BCUT2D eigenvalue weighted by Crippen LogP contribution is 2.32. The summed E-state index contributed by atoms with van der Waals surface area (Å²) in [4.78, 5) is 21.9. The van der Waals surface area contributed by atoms with Crippen molar-refractivity contribution in [3.8, 4) is 0 Å². The predicted molar refractivity (Wildman–Crippen MR) is 142 cm³/mol. The van der Waals surface area contributed by atoms with Crippen LogP contribution in [0.4, 0.5) is 31.8 Å². The molecule has 0 saturated carbocycles. The third-order valence-electron chi connectivity index (χ3n) is 6.88. The minimum atomic E-state index is -2.66. The van der Waals surface area contributed by atoms with Crippen LogP contribution in [0.25, 0.3) is 0 Å². The Morgan fingerprint density at radius 2 is 1.73 bits per heavy atom. The maximum Gasteiger partial charge on any atom is 0.258 e. The molecule has 0 spiro atoms. The van der Waals surface area contributed by atoms with Crippen LogP contribution >= 0.6 is 0 Å². The third kappa shape index (κ3) is 6.84. The van der Waals surface area contributed by atoms with Crippen molar-refractivity contribution < 1.29 is 22.3 Å². The number of nitrogens with zero attached hydrogens (tertiary/aromatic N) is 3. The van der Waals surface area contributed by atoms with E-state index in [1.165, 1.54) is 11.1 Å². The van der Waals surface area contributed by atoms with E-state index in [4.69, 9.17) is 0 Å². The number of rotatable bonds is 6. The lowest BCUT2D eigenvalue weighted by Crippen LogP contribution is -2.39. The van der Waals surface area contributed by atoms with Gasteiger partial charge in [-0.15, -0.1) is 0 Å². The second-order valence-electron chi connectivity index (χ2n) is 9.84. The average Bonchev–Trinajstić information content (AvgIpc) is 2.83. The van der Waals surface area contributed by atoms with Crippen molar-refractivity contribution in [2.75, 3.05) is 46.0 Å². The largest absolute Gasteiger partial charge is 0.755 e. The number of nitrogens with one attached hydrogen (secondary N) is 2. The molecule has 2 aliphatic rings. The topological polar surface area (TPSA) is 101 Å². The van der Waals surface area contributed by atoms with Crippen LogP contribution in [0.1, 0.15) is 55.5 Å². The summed E-state index contributed by atoms with van der Waals surface area (Å²) in [6.45, 7) is 7.85. The molecular formula is C26H32F2N5O3S-. The Morgan fingerprint density at radius 3 is 2.35 bits per heavy atom. The van der Waals surface area contributed by atoms with Gasteiger partial charge in [-0.05, 0) is 69.5 Å². The van der Waals surface area contributed by atoms with Crippen LogP contribution < -0.4 is 19.8 Å². The highest BCUT2D eigenvalue weighted by molar-refractivity contribution is 7.80. The van der Waals surface area contributed by atoms with Gasteiger partial charge in [-0.2, -0.15) is 0 Å². The summed E-state index contributed by atoms with van der Waals surface area (Å²) in [5.41, 5.74) is 4.93. The Morgan fingerprint density at radius 1 is 1.05 bits per heavy atom. The zero-order valence-corrected chi connectivity index (χ0v) is 22.1. The number of carbonyl (C=O) groups excluding carboxylic acids is 1. The van der Waals surface area contributed by atoms with Crippen LogP contribution in [-0.4, -0.2) is 51.8 Å². The monoisotopic (exact) mass is 532 g/mol. The molecule has 0 bridgehead atoms. The first-order chi connectivity index (χ1) is 17.5. The molecule has 1 aromatic carbocycles. The second kappa shape index (κ2) is 11.1. The lowest BCUT2D eigenvalue weighted by atomic mass is 9.98. The van der Waals surface area contributed by atoms with Gasteiger partial charge in [0.05, 0.1) is 11.3 Å². The number of anilines is 4. The van der Waals surface area contributed by atoms with E-state index in [0.29, 0.717) is 41.7 Å². The van der Waals surface area contributed by atoms with E-state index in [1.807, 2.05) is 17.9 Å². The van der Waals surface area contributed by atoms with E-state index < -0.39 is 17.2 Å². The van der Waals surface area contributed by atoms with Gasteiger partial charge < -0.3 is 24.4 Å². The van der Waals surface area contributed by atoms with E-state index in [9.17, 15) is 22.3 Å². The fourth-order valence-electron chi connectivity index (χ4n) is 4.78. The van der Waals surface area contributed by atoms with Gasteiger partial charge in [0.15, 0.2) is 0 Å². The number of hydrogen-bond acceptors (Lipinski definition) is 6. The zero-order valence-electron chi connectivity index (χ0n) is 21.3. The van der Waals surface area contributed by atoms with E-state index in [0.717, 1.165) is 18.4 Å². The van der Waals surface area contributed by atoms with Gasteiger partial charge >= 0.3 is 0 Å². The standard InChI is InChI=1S/C26H33F2N5O3S/c1-17(2)19-6-10-32(11-7-19)22-16-20(31-37(35)36)4-5-21(22)25(34)30-23-14-18(3)15-24(29-23)33-12-8-26(27,28)9-13-33/h4-5,14-16,31H,6-13H2,1-3H3,(H,35,36)(H,29,30,34)/p-1. The Balaban J connectivity index is 1.58. The van der Waals surface area contributed by atoms with Crippen molar-refractivity contribution >= 4 is 40.2 Å². The van der Waals surface area contributed by atoms with Crippen LogP contribution in [0.5, 0.6) is 0 Å². The lowest BCUT2D eigenvalue weighted by Gasteiger charge is -2.33. The van der Waals surface area contributed by atoms with E-state index >= 15 is 0 Å². The molecule has 2 fully saturated rings. The summed E-state index contributed by atoms with van der Waals surface area (Å²) in [7, 11) is 0. The van der Waals surface area contributed by atoms with Gasteiger partial charge in [0.25, 0.3) is 11.8 Å². The van der Waals surface area contributed by atoms with Crippen molar-refractivity contribution in [3.63, 3.8) is 0 Å². The fraction of sp³-hybridized carbons (Fsp3) is 0.462. The zero-order chi connectivity index (χ0) is 26.7. The Kier molecular flexibility index (Phi) is 8.13. The number of alkyl halides is 2. The molecule has 1 atom stereocenters. The Labute approximate surface area is 218 Å². The van der Waals surface area contributed by atoms with Crippen LogP contribution in [0.15, 0.2) is 41.5 Å². The number of hydrogen-bond donors (Lipinski definition) is 2. The molecule has 0 aliphatic carbocycles. The highest BCUT2D eigenvalue weighted by Gasteiger charge is 2.34. The van der Waals surface area contributed by atoms with Crippen molar-refractivity contribution in [3.05, 3.63) is 52.6 Å². The molecule has 1 amide bonds. The number of aromatic nitrogens is 1. The molecule has 11 heteroatoms. The van der Waals surface area contributed by atoms with Crippen LogP contribution in [-0.2, 0) is 11.3 Å². The van der Waals surface area contributed by atoms with Crippen LogP contribution in [0, 0.1) is 6.92 Å².